The van der Waals surface area contributed by atoms with Crippen LogP contribution in [0.4, 0.5) is 0 Å². The van der Waals surface area contributed by atoms with Crippen LogP contribution < -0.4 is 5.73 Å². The molecule has 0 amide bonds. The summed E-state index contributed by atoms with van der Waals surface area (Å²) in [6, 6.07) is 0.670. The first-order chi connectivity index (χ1) is 7.88. The van der Waals surface area contributed by atoms with Gasteiger partial charge in [-0.3, -0.25) is 4.90 Å². The highest BCUT2D eigenvalue weighted by Gasteiger charge is 2.46. The van der Waals surface area contributed by atoms with Crippen molar-refractivity contribution in [3.63, 3.8) is 0 Å². The van der Waals surface area contributed by atoms with Crippen LogP contribution in [0.1, 0.15) is 40.0 Å². The molecular weight excluding hydrogens is 210 g/mol. The van der Waals surface area contributed by atoms with Crippen molar-refractivity contribution in [2.75, 3.05) is 33.2 Å². The van der Waals surface area contributed by atoms with Crippen molar-refractivity contribution in [3.05, 3.63) is 0 Å². The van der Waals surface area contributed by atoms with E-state index in [9.17, 15) is 0 Å². The molecule has 0 bridgehead atoms. The van der Waals surface area contributed by atoms with E-state index in [1.165, 1.54) is 32.4 Å². The van der Waals surface area contributed by atoms with E-state index in [0.717, 1.165) is 13.1 Å². The van der Waals surface area contributed by atoms with Crippen LogP contribution in [0.3, 0.4) is 0 Å². The quantitative estimate of drug-likeness (QED) is 0.793. The van der Waals surface area contributed by atoms with Gasteiger partial charge in [0.15, 0.2) is 0 Å². The Labute approximate surface area is 106 Å². The zero-order valence-corrected chi connectivity index (χ0v) is 12.0. The van der Waals surface area contributed by atoms with E-state index in [2.05, 4.69) is 37.6 Å². The fraction of sp³-hybridized carbons (Fsp3) is 1.00. The molecule has 2 atom stereocenters. The molecular formula is C14H29N3. The number of piperidine rings is 1. The second kappa shape index (κ2) is 4.52. The van der Waals surface area contributed by atoms with Gasteiger partial charge in [0.1, 0.15) is 0 Å². The Morgan fingerprint density at radius 1 is 1.29 bits per heavy atom. The standard InChI is InChI=1S/C14H29N3/c1-12-8-14(9-15,11-16(12)4)17-7-5-6-13(2,3)10-17/h12H,5-11,15H2,1-4H3. The van der Waals surface area contributed by atoms with E-state index in [1.54, 1.807) is 0 Å². The summed E-state index contributed by atoms with van der Waals surface area (Å²) < 4.78 is 0. The third kappa shape index (κ3) is 2.51. The van der Waals surface area contributed by atoms with Gasteiger partial charge >= 0.3 is 0 Å². The lowest BCUT2D eigenvalue weighted by Gasteiger charge is -2.48. The van der Waals surface area contributed by atoms with Crippen LogP contribution in [0.15, 0.2) is 0 Å². The van der Waals surface area contributed by atoms with Crippen molar-refractivity contribution in [3.8, 4) is 0 Å². The number of nitrogens with two attached hydrogens (primary N) is 1. The summed E-state index contributed by atoms with van der Waals surface area (Å²) in [5.41, 5.74) is 6.85. The number of nitrogens with zero attached hydrogens (tertiary/aromatic N) is 2. The van der Waals surface area contributed by atoms with Crippen molar-refractivity contribution < 1.29 is 0 Å². The molecule has 0 spiro atoms. The molecule has 2 fully saturated rings. The molecule has 2 rings (SSSR count). The summed E-state index contributed by atoms with van der Waals surface area (Å²) in [6.07, 6.45) is 3.92. The van der Waals surface area contributed by atoms with Crippen LogP contribution in [-0.2, 0) is 0 Å². The lowest BCUT2D eigenvalue weighted by Crippen LogP contribution is -2.59. The van der Waals surface area contributed by atoms with Gasteiger partial charge in [-0.1, -0.05) is 13.8 Å². The SMILES string of the molecule is CC1CC(CN)(N2CCCC(C)(C)C2)CN1C. The van der Waals surface area contributed by atoms with Gasteiger partial charge in [-0.2, -0.15) is 0 Å². The van der Waals surface area contributed by atoms with Gasteiger partial charge in [-0.05, 0) is 45.2 Å². The predicted octanol–water partition coefficient (Wildman–Crippen LogP) is 1.53. The molecule has 2 unspecified atom stereocenters. The van der Waals surface area contributed by atoms with Gasteiger partial charge in [0.05, 0.1) is 0 Å². The molecule has 0 aromatic rings. The fourth-order valence-electron chi connectivity index (χ4n) is 3.72. The normalized spacial score (nSPS) is 39.7. The second-order valence-electron chi connectivity index (χ2n) is 7.09. The highest BCUT2D eigenvalue weighted by Crippen LogP contribution is 2.37. The third-order valence-electron chi connectivity index (χ3n) is 4.92. The van der Waals surface area contributed by atoms with Crippen molar-refractivity contribution in [1.82, 2.24) is 9.80 Å². The summed E-state index contributed by atoms with van der Waals surface area (Å²) in [5, 5.41) is 0. The van der Waals surface area contributed by atoms with Crippen LogP contribution in [0.25, 0.3) is 0 Å². The smallest absolute Gasteiger partial charge is 0.0473 e. The first-order valence-electron chi connectivity index (χ1n) is 7.04. The first-order valence-corrected chi connectivity index (χ1v) is 7.04. The van der Waals surface area contributed by atoms with E-state index in [0.29, 0.717) is 11.5 Å². The Kier molecular flexibility index (Phi) is 3.54. The topological polar surface area (TPSA) is 32.5 Å². The number of hydrogen-bond acceptors (Lipinski definition) is 3. The number of rotatable bonds is 2. The Morgan fingerprint density at radius 2 is 2.00 bits per heavy atom. The minimum absolute atomic E-state index is 0.242. The molecule has 2 aliphatic heterocycles. The summed E-state index contributed by atoms with van der Waals surface area (Å²) >= 11 is 0. The van der Waals surface area contributed by atoms with Crippen molar-refractivity contribution in [2.24, 2.45) is 11.1 Å². The highest BCUT2D eigenvalue weighted by atomic mass is 15.3. The molecule has 3 nitrogen and oxygen atoms in total. The summed E-state index contributed by atoms with van der Waals surface area (Å²) in [6.45, 7) is 11.5. The predicted molar refractivity (Wildman–Crippen MR) is 73.1 cm³/mol. The number of likely N-dealkylation sites (N-methyl/N-ethyl adjacent to an activating group) is 1. The van der Waals surface area contributed by atoms with Crippen LogP contribution in [0.5, 0.6) is 0 Å². The van der Waals surface area contributed by atoms with E-state index < -0.39 is 0 Å². The summed E-state index contributed by atoms with van der Waals surface area (Å²) in [4.78, 5) is 5.16. The largest absolute Gasteiger partial charge is 0.329 e. The molecule has 0 saturated carbocycles. The summed E-state index contributed by atoms with van der Waals surface area (Å²) in [7, 11) is 2.23. The molecule has 2 saturated heterocycles. The maximum Gasteiger partial charge on any atom is 0.0473 e. The maximum absolute atomic E-state index is 6.14. The Bertz CT molecular complexity index is 265. The van der Waals surface area contributed by atoms with Crippen LogP contribution >= 0.6 is 0 Å². The van der Waals surface area contributed by atoms with E-state index in [-0.39, 0.29) is 5.54 Å². The van der Waals surface area contributed by atoms with Gasteiger partial charge in [0, 0.05) is 31.2 Å². The Balaban J connectivity index is 2.13. The molecule has 0 radical (unpaired) electrons. The Hall–Kier alpha value is -0.120. The first kappa shape index (κ1) is 13.3. The van der Waals surface area contributed by atoms with Crippen molar-refractivity contribution >= 4 is 0 Å². The molecule has 17 heavy (non-hydrogen) atoms. The van der Waals surface area contributed by atoms with E-state index in [1.807, 2.05) is 0 Å². The lowest BCUT2D eigenvalue weighted by atomic mass is 9.80. The van der Waals surface area contributed by atoms with Gasteiger partial charge in [0.25, 0.3) is 0 Å². The fourth-order valence-corrected chi connectivity index (χ4v) is 3.72. The van der Waals surface area contributed by atoms with Crippen LogP contribution in [0.2, 0.25) is 0 Å². The van der Waals surface area contributed by atoms with Crippen LogP contribution in [0, 0.1) is 5.41 Å². The van der Waals surface area contributed by atoms with Gasteiger partial charge in [-0.15, -0.1) is 0 Å². The zero-order chi connectivity index (χ0) is 12.7. The molecule has 0 aliphatic carbocycles. The molecule has 0 aromatic heterocycles. The lowest BCUT2D eigenvalue weighted by molar-refractivity contribution is 0.0241. The van der Waals surface area contributed by atoms with E-state index >= 15 is 0 Å². The van der Waals surface area contributed by atoms with E-state index in [4.69, 9.17) is 5.73 Å². The minimum Gasteiger partial charge on any atom is -0.329 e. The average molecular weight is 239 g/mol. The molecule has 2 N–H and O–H groups in total. The zero-order valence-electron chi connectivity index (χ0n) is 12.0. The molecule has 3 heteroatoms. The van der Waals surface area contributed by atoms with Gasteiger partial charge < -0.3 is 10.6 Å². The monoisotopic (exact) mass is 239 g/mol. The van der Waals surface area contributed by atoms with Crippen molar-refractivity contribution in [2.45, 2.75) is 51.6 Å². The molecule has 2 heterocycles. The average Bonchev–Trinajstić information content (AvgIpc) is 2.55. The molecule has 2 aliphatic rings. The third-order valence-corrected chi connectivity index (χ3v) is 4.92. The Morgan fingerprint density at radius 3 is 2.47 bits per heavy atom. The summed E-state index contributed by atoms with van der Waals surface area (Å²) in [5.74, 6) is 0. The molecule has 0 aromatic carbocycles. The maximum atomic E-state index is 6.14. The molecule has 100 valence electrons. The highest BCUT2D eigenvalue weighted by molar-refractivity contribution is 5.04. The number of likely N-dealkylation sites (tertiary alicyclic amines) is 2. The second-order valence-corrected chi connectivity index (χ2v) is 7.09. The number of hydrogen-bond donors (Lipinski definition) is 1. The van der Waals surface area contributed by atoms with Gasteiger partial charge in [0.2, 0.25) is 0 Å². The van der Waals surface area contributed by atoms with Crippen molar-refractivity contribution in [1.29, 1.82) is 0 Å². The minimum atomic E-state index is 0.242. The van der Waals surface area contributed by atoms with Crippen LogP contribution in [-0.4, -0.2) is 54.6 Å². The van der Waals surface area contributed by atoms with Gasteiger partial charge in [-0.25, -0.2) is 0 Å².